The topological polar surface area (TPSA) is 101 Å². The first kappa shape index (κ1) is 21.6. The van der Waals surface area contributed by atoms with E-state index >= 15 is 0 Å². The van der Waals surface area contributed by atoms with E-state index in [1.165, 1.54) is 31.2 Å². The Morgan fingerprint density at radius 3 is 2.21 bits per heavy atom. The predicted octanol–water partition coefficient (Wildman–Crippen LogP) is 1.85. The summed E-state index contributed by atoms with van der Waals surface area (Å²) in [4.78, 5) is 36.1. The number of benzene rings is 2. The van der Waals surface area contributed by atoms with Crippen LogP contribution in [0.1, 0.15) is 18.1 Å². The third kappa shape index (κ3) is 6.45. The average Bonchev–Trinajstić information content (AvgIpc) is 2.63. The molecule has 2 aromatic carbocycles. The average molecular weight is 450 g/mol. The summed E-state index contributed by atoms with van der Waals surface area (Å²) < 4.78 is 13.9. The molecule has 2 rings (SSSR count). The molecule has 0 aromatic heterocycles. The molecule has 2 aromatic rings. The zero-order valence-corrected chi connectivity index (χ0v) is 16.8. The summed E-state index contributed by atoms with van der Waals surface area (Å²) in [5.41, 5.74) is 6.93. The van der Waals surface area contributed by atoms with E-state index in [0.29, 0.717) is 5.56 Å². The lowest BCUT2D eigenvalue weighted by Crippen LogP contribution is -2.54. The second-order valence-corrected chi connectivity index (χ2v) is 7.20. The SMILES string of the molecule is CC(=O)N[C@H](Cc1ccc(F)cc1)C(=O)N[C@H](Cc1ccccc1Br)C(N)=O. The molecule has 3 amide bonds. The lowest BCUT2D eigenvalue weighted by atomic mass is 10.0. The first-order valence-corrected chi connectivity index (χ1v) is 9.40. The van der Waals surface area contributed by atoms with Gasteiger partial charge in [0.25, 0.3) is 0 Å². The van der Waals surface area contributed by atoms with Crippen molar-refractivity contribution in [2.24, 2.45) is 5.73 Å². The van der Waals surface area contributed by atoms with E-state index in [9.17, 15) is 18.8 Å². The Hall–Kier alpha value is -2.74. The van der Waals surface area contributed by atoms with Gasteiger partial charge in [0.1, 0.15) is 17.9 Å². The highest BCUT2D eigenvalue weighted by Crippen LogP contribution is 2.17. The van der Waals surface area contributed by atoms with Crippen LogP contribution in [0.4, 0.5) is 4.39 Å². The number of primary amides is 1. The van der Waals surface area contributed by atoms with E-state index in [4.69, 9.17) is 5.73 Å². The van der Waals surface area contributed by atoms with Crippen LogP contribution in [-0.4, -0.2) is 29.8 Å². The molecule has 8 heteroatoms. The van der Waals surface area contributed by atoms with E-state index < -0.39 is 35.6 Å². The Labute approximate surface area is 170 Å². The van der Waals surface area contributed by atoms with Crippen LogP contribution in [0.5, 0.6) is 0 Å². The van der Waals surface area contributed by atoms with E-state index in [2.05, 4.69) is 26.6 Å². The highest BCUT2D eigenvalue weighted by atomic mass is 79.9. The fraction of sp³-hybridized carbons (Fsp3) is 0.250. The van der Waals surface area contributed by atoms with E-state index in [1.54, 1.807) is 0 Å². The summed E-state index contributed by atoms with van der Waals surface area (Å²) in [6, 6.07) is 11.0. The van der Waals surface area contributed by atoms with Crippen LogP contribution < -0.4 is 16.4 Å². The molecule has 0 saturated heterocycles. The highest BCUT2D eigenvalue weighted by molar-refractivity contribution is 9.10. The van der Waals surface area contributed by atoms with Gasteiger partial charge in [0.05, 0.1) is 0 Å². The number of carbonyl (C=O) groups excluding carboxylic acids is 3. The fourth-order valence-electron chi connectivity index (χ4n) is 2.69. The molecule has 2 atom stereocenters. The molecule has 6 nitrogen and oxygen atoms in total. The van der Waals surface area contributed by atoms with Crippen molar-refractivity contribution in [1.82, 2.24) is 10.6 Å². The molecule has 0 unspecified atom stereocenters. The molecular weight excluding hydrogens is 429 g/mol. The molecule has 0 radical (unpaired) electrons. The summed E-state index contributed by atoms with van der Waals surface area (Å²) in [5, 5.41) is 5.16. The van der Waals surface area contributed by atoms with Crippen molar-refractivity contribution in [2.75, 3.05) is 0 Å². The third-order valence-corrected chi connectivity index (χ3v) is 4.86. The maximum absolute atomic E-state index is 13.1. The largest absolute Gasteiger partial charge is 0.368 e. The summed E-state index contributed by atoms with van der Waals surface area (Å²) in [5.74, 6) is -2.03. The summed E-state index contributed by atoms with van der Waals surface area (Å²) in [6.07, 6.45) is 0.345. The van der Waals surface area contributed by atoms with Gasteiger partial charge in [0.2, 0.25) is 17.7 Å². The van der Waals surface area contributed by atoms with Crippen LogP contribution in [0, 0.1) is 5.82 Å². The molecule has 28 heavy (non-hydrogen) atoms. The summed E-state index contributed by atoms with van der Waals surface area (Å²) in [6.45, 7) is 1.29. The Morgan fingerprint density at radius 1 is 1.00 bits per heavy atom. The molecule has 4 N–H and O–H groups in total. The van der Waals surface area contributed by atoms with Crippen molar-refractivity contribution in [2.45, 2.75) is 31.8 Å². The molecule has 0 aliphatic rings. The molecule has 0 saturated carbocycles. The van der Waals surface area contributed by atoms with Gasteiger partial charge in [-0.25, -0.2) is 4.39 Å². The van der Waals surface area contributed by atoms with E-state index in [1.807, 2.05) is 24.3 Å². The maximum Gasteiger partial charge on any atom is 0.243 e. The lowest BCUT2D eigenvalue weighted by Gasteiger charge is -2.22. The molecule has 0 aliphatic heterocycles. The smallest absolute Gasteiger partial charge is 0.243 e. The van der Waals surface area contributed by atoms with Gasteiger partial charge in [-0.05, 0) is 29.3 Å². The quantitative estimate of drug-likeness (QED) is 0.572. The van der Waals surface area contributed by atoms with Crippen molar-refractivity contribution in [3.8, 4) is 0 Å². The normalized spacial score (nSPS) is 12.7. The van der Waals surface area contributed by atoms with Crippen LogP contribution in [0.2, 0.25) is 0 Å². The lowest BCUT2D eigenvalue weighted by molar-refractivity contribution is -0.130. The minimum atomic E-state index is -0.948. The van der Waals surface area contributed by atoms with Gasteiger partial charge < -0.3 is 16.4 Å². The van der Waals surface area contributed by atoms with Crippen molar-refractivity contribution in [1.29, 1.82) is 0 Å². The van der Waals surface area contributed by atoms with Crippen molar-refractivity contribution >= 4 is 33.7 Å². The number of hydrogen-bond acceptors (Lipinski definition) is 3. The Bertz CT molecular complexity index is 858. The van der Waals surface area contributed by atoms with Crippen LogP contribution in [0.3, 0.4) is 0 Å². The van der Waals surface area contributed by atoms with Gasteiger partial charge in [-0.15, -0.1) is 0 Å². The first-order valence-electron chi connectivity index (χ1n) is 8.61. The number of halogens is 2. The highest BCUT2D eigenvalue weighted by Gasteiger charge is 2.26. The van der Waals surface area contributed by atoms with Crippen molar-refractivity contribution in [3.63, 3.8) is 0 Å². The second kappa shape index (κ2) is 9.98. The number of hydrogen-bond donors (Lipinski definition) is 3. The minimum Gasteiger partial charge on any atom is -0.368 e. The van der Waals surface area contributed by atoms with Gasteiger partial charge in [-0.3, -0.25) is 14.4 Å². The fourth-order valence-corrected chi connectivity index (χ4v) is 3.14. The van der Waals surface area contributed by atoms with Gasteiger partial charge in [0, 0.05) is 24.2 Å². The molecule has 0 bridgehead atoms. The Balaban J connectivity index is 2.14. The van der Waals surface area contributed by atoms with Crippen LogP contribution in [0.25, 0.3) is 0 Å². The molecule has 0 fully saturated rings. The van der Waals surface area contributed by atoms with Gasteiger partial charge >= 0.3 is 0 Å². The van der Waals surface area contributed by atoms with E-state index in [-0.39, 0.29) is 12.8 Å². The molecule has 148 valence electrons. The number of carbonyl (C=O) groups is 3. The summed E-state index contributed by atoms with van der Waals surface area (Å²) in [7, 11) is 0. The zero-order valence-electron chi connectivity index (χ0n) is 15.2. The van der Waals surface area contributed by atoms with Crippen molar-refractivity contribution in [3.05, 3.63) is 69.9 Å². The first-order chi connectivity index (χ1) is 13.3. The third-order valence-electron chi connectivity index (χ3n) is 4.09. The standard InChI is InChI=1S/C20H21BrFN3O3/c1-12(26)24-18(10-13-6-8-15(22)9-7-13)20(28)25-17(19(23)27)11-14-4-2-3-5-16(14)21/h2-9,17-18H,10-11H2,1H3,(H2,23,27)(H,24,26)(H,25,28)/t17-,18-/m1/s1. The molecule has 0 spiro atoms. The molecule has 0 heterocycles. The van der Waals surface area contributed by atoms with Gasteiger partial charge in [0.15, 0.2) is 0 Å². The zero-order chi connectivity index (χ0) is 20.7. The number of nitrogens with two attached hydrogens (primary N) is 1. The number of nitrogens with one attached hydrogen (secondary N) is 2. The number of rotatable bonds is 8. The Morgan fingerprint density at radius 2 is 1.64 bits per heavy atom. The van der Waals surface area contributed by atoms with Crippen LogP contribution >= 0.6 is 15.9 Å². The van der Waals surface area contributed by atoms with Gasteiger partial charge in [-0.2, -0.15) is 0 Å². The monoisotopic (exact) mass is 449 g/mol. The minimum absolute atomic E-state index is 0.145. The molecule has 0 aliphatic carbocycles. The second-order valence-electron chi connectivity index (χ2n) is 6.34. The van der Waals surface area contributed by atoms with E-state index in [0.717, 1.165) is 10.0 Å². The van der Waals surface area contributed by atoms with Crippen molar-refractivity contribution < 1.29 is 18.8 Å². The number of amides is 3. The molecular formula is C20H21BrFN3O3. The van der Waals surface area contributed by atoms with Crippen LogP contribution in [0.15, 0.2) is 53.0 Å². The summed E-state index contributed by atoms with van der Waals surface area (Å²) >= 11 is 3.40. The predicted molar refractivity (Wildman–Crippen MR) is 107 cm³/mol. The Kier molecular flexibility index (Phi) is 7.69. The van der Waals surface area contributed by atoms with Crippen LogP contribution in [-0.2, 0) is 27.2 Å². The van der Waals surface area contributed by atoms with Gasteiger partial charge in [-0.1, -0.05) is 46.3 Å². The maximum atomic E-state index is 13.1.